The van der Waals surface area contributed by atoms with Crippen LogP contribution in [0.25, 0.3) is 10.9 Å². The van der Waals surface area contributed by atoms with Crippen LogP contribution in [0.15, 0.2) is 47.3 Å². The van der Waals surface area contributed by atoms with E-state index < -0.39 is 0 Å². The van der Waals surface area contributed by atoms with Crippen molar-refractivity contribution in [2.75, 3.05) is 13.7 Å². The van der Waals surface area contributed by atoms with Gasteiger partial charge in [0.15, 0.2) is 0 Å². The highest BCUT2D eigenvalue weighted by atomic mass is 35.5. The van der Waals surface area contributed by atoms with Gasteiger partial charge in [0.05, 0.1) is 24.6 Å². The zero-order valence-electron chi connectivity index (χ0n) is 16.0. The molecule has 1 unspecified atom stereocenters. The van der Waals surface area contributed by atoms with E-state index in [1.54, 1.807) is 25.3 Å². The fourth-order valence-corrected chi connectivity index (χ4v) is 4.16. The Morgan fingerprint density at radius 2 is 2.00 bits per heavy atom. The second-order valence-corrected chi connectivity index (χ2v) is 7.72. The molecular formula is C22H24ClN3O2. The van der Waals surface area contributed by atoms with Gasteiger partial charge in [-0.3, -0.25) is 9.69 Å². The van der Waals surface area contributed by atoms with Crippen molar-refractivity contribution >= 4 is 22.5 Å². The van der Waals surface area contributed by atoms with E-state index in [2.05, 4.69) is 27.0 Å². The van der Waals surface area contributed by atoms with Gasteiger partial charge in [-0.25, -0.2) is 4.98 Å². The molecule has 0 amide bonds. The van der Waals surface area contributed by atoms with Crippen LogP contribution in [0, 0.1) is 0 Å². The van der Waals surface area contributed by atoms with E-state index >= 15 is 0 Å². The molecule has 146 valence electrons. The Kier molecular flexibility index (Phi) is 5.64. The lowest BCUT2D eigenvalue weighted by Crippen LogP contribution is -2.30. The van der Waals surface area contributed by atoms with Gasteiger partial charge in [0, 0.05) is 11.1 Å². The van der Waals surface area contributed by atoms with Gasteiger partial charge >= 0.3 is 0 Å². The number of H-pyrrole nitrogens is 1. The van der Waals surface area contributed by atoms with Crippen molar-refractivity contribution in [1.82, 2.24) is 14.9 Å². The molecular weight excluding hydrogens is 374 g/mol. The summed E-state index contributed by atoms with van der Waals surface area (Å²) in [5, 5.41) is 1.15. The number of halogens is 1. The van der Waals surface area contributed by atoms with E-state index in [9.17, 15) is 4.79 Å². The summed E-state index contributed by atoms with van der Waals surface area (Å²) in [6.07, 6.45) is 4.66. The number of likely N-dealkylation sites (tertiary alicyclic amines) is 1. The van der Waals surface area contributed by atoms with Crippen molar-refractivity contribution in [1.29, 1.82) is 0 Å². The number of aromatic amines is 1. The minimum absolute atomic E-state index is 0.118. The summed E-state index contributed by atoms with van der Waals surface area (Å²) in [4.78, 5) is 22.5. The number of fused-ring (bicyclic) bond motifs is 1. The smallest absolute Gasteiger partial charge is 0.258 e. The van der Waals surface area contributed by atoms with Crippen LogP contribution in [0.3, 0.4) is 0 Å². The SMILES string of the molecule is COc1ccc(C2CCCCCN2Cc2nc3cc(Cl)ccc3c(=O)[nH]2)cc1. The number of hydrogen-bond acceptors (Lipinski definition) is 4. The summed E-state index contributed by atoms with van der Waals surface area (Å²) in [6.45, 7) is 1.59. The van der Waals surface area contributed by atoms with Crippen molar-refractivity contribution in [3.8, 4) is 5.75 Å². The van der Waals surface area contributed by atoms with Crippen molar-refractivity contribution in [3.63, 3.8) is 0 Å². The Morgan fingerprint density at radius 1 is 1.18 bits per heavy atom. The van der Waals surface area contributed by atoms with Crippen LogP contribution in [0.1, 0.15) is 43.1 Å². The molecule has 0 aliphatic carbocycles. The lowest BCUT2D eigenvalue weighted by molar-refractivity contribution is 0.187. The first-order valence-electron chi connectivity index (χ1n) is 9.70. The molecule has 0 radical (unpaired) electrons. The van der Waals surface area contributed by atoms with E-state index in [1.165, 1.54) is 18.4 Å². The van der Waals surface area contributed by atoms with Crippen LogP contribution in [0.4, 0.5) is 0 Å². The molecule has 28 heavy (non-hydrogen) atoms. The molecule has 1 fully saturated rings. The molecule has 0 bridgehead atoms. The average molecular weight is 398 g/mol. The molecule has 1 aromatic heterocycles. The van der Waals surface area contributed by atoms with Crippen molar-refractivity contribution in [3.05, 3.63) is 69.2 Å². The predicted molar refractivity (Wildman–Crippen MR) is 112 cm³/mol. The number of rotatable bonds is 4. The van der Waals surface area contributed by atoms with Gasteiger partial charge in [0.1, 0.15) is 11.6 Å². The molecule has 1 aliphatic rings. The van der Waals surface area contributed by atoms with Gasteiger partial charge < -0.3 is 9.72 Å². The van der Waals surface area contributed by atoms with Crippen LogP contribution in [-0.2, 0) is 6.54 Å². The van der Waals surface area contributed by atoms with Crippen LogP contribution >= 0.6 is 11.6 Å². The molecule has 0 saturated carbocycles. The maximum atomic E-state index is 12.5. The number of nitrogens with one attached hydrogen (secondary N) is 1. The van der Waals surface area contributed by atoms with Gasteiger partial charge in [0.25, 0.3) is 5.56 Å². The molecule has 1 N–H and O–H groups in total. The number of benzene rings is 2. The molecule has 1 aliphatic heterocycles. The first-order chi connectivity index (χ1) is 13.6. The summed E-state index contributed by atoms with van der Waals surface area (Å²) >= 11 is 6.09. The zero-order chi connectivity index (χ0) is 19.5. The van der Waals surface area contributed by atoms with Crippen LogP contribution < -0.4 is 10.3 Å². The number of nitrogens with zero attached hydrogens (tertiary/aromatic N) is 2. The molecule has 2 heterocycles. The van der Waals surface area contributed by atoms with Gasteiger partial charge in [0.2, 0.25) is 0 Å². The molecule has 5 nitrogen and oxygen atoms in total. The van der Waals surface area contributed by atoms with E-state index in [1.807, 2.05) is 12.1 Å². The Balaban J connectivity index is 1.65. The minimum Gasteiger partial charge on any atom is -0.497 e. The minimum atomic E-state index is -0.118. The zero-order valence-corrected chi connectivity index (χ0v) is 16.7. The third kappa shape index (κ3) is 4.05. The summed E-state index contributed by atoms with van der Waals surface area (Å²) in [7, 11) is 1.68. The normalized spacial score (nSPS) is 18.1. The van der Waals surface area contributed by atoms with Crippen LogP contribution in [0.2, 0.25) is 5.02 Å². The highest BCUT2D eigenvalue weighted by Crippen LogP contribution is 2.32. The molecule has 1 atom stereocenters. The second-order valence-electron chi connectivity index (χ2n) is 7.28. The fourth-order valence-electron chi connectivity index (χ4n) is 3.99. The molecule has 0 spiro atoms. The summed E-state index contributed by atoms with van der Waals surface area (Å²) in [6, 6.07) is 13.8. The second kappa shape index (κ2) is 8.33. The summed E-state index contributed by atoms with van der Waals surface area (Å²) in [5.41, 5.74) is 1.79. The maximum Gasteiger partial charge on any atom is 0.258 e. The fraction of sp³-hybridized carbons (Fsp3) is 0.364. The van der Waals surface area contributed by atoms with Gasteiger partial charge in [-0.2, -0.15) is 0 Å². The van der Waals surface area contributed by atoms with Crippen LogP contribution in [-0.4, -0.2) is 28.5 Å². The monoisotopic (exact) mass is 397 g/mol. The molecule has 3 aromatic rings. The lowest BCUT2D eigenvalue weighted by atomic mass is 10.0. The quantitative estimate of drug-likeness (QED) is 0.693. The molecule has 2 aromatic carbocycles. The Hall–Kier alpha value is -2.37. The first kappa shape index (κ1) is 19.0. The molecule has 1 saturated heterocycles. The average Bonchev–Trinajstić information content (AvgIpc) is 2.93. The van der Waals surface area contributed by atoms with Crippen LogP contribution in [0.5, 0.6) is 5.75 Å². The van der Waals surface area contributed by atoms with Gasteiger partial charge in [-0.1, -0.05) is 36.6 Å². The maximum absolute atomic E-state index is 12.5. The van der Waals surface area contributed by atoms with E-state index in [0.29, 0.717) is 34.3 Å². The largest absolute Gasteiger partial charge is 0.497 e. The number of aromatic nitrogens is 2. The van der Waals surface area contributed by atoms with E-state index in [4.69, 9.17) is 16.3 Å². The first-order valence-corrected chi connectivity index (χ1v) is 10.1. The van der Waals surface area contributed by atoms with E-state index in [-0.39, 0.29) is 5.56 Å². The number of methoxy groups -OCH3 is 1. The topological polar surface area (TPSA) is 58.2 Å². The Labute approximate surface area is 169 Å². The Morgan fingerprint density at radius 3 is 2.79 bits per heavy atom. The summed E-state index contributed by atoms with van der Waals surface area (Å²) < 4.78 is 5.29. The van der Waals surface area contributed by atoms with E-state index in [0.717, 1.165) is 25.1 Å². The standard InChI is InChI=1S/C22H24ClN3O2/c1-28-17-9-6-15(7-10-17)20-5-3-2-4-12-26(20)14-21-24-19-13-16(23)8-11-18(19)22(27)25-21/h6-11,13,20H,2-5,12,14H2,1H3,(H,24,25,27). The third-order valence-corrected chi connectivity index (χ3v) is 5.67. The highest BCUT2D eigenvalue weighted by molar-refractivity contribution is 6.31. The molecule has 6 heteroatoms. The van der Waals surface area contributed by atoms with Gasteiger partial charge in [-0.15, -0.1) is 0 Å². The lowest BCUT2D eigenvalue weighted by Gasteiger charge is -2.30. The van der Waals surface area contributed by atoms with Gasteiger partial charge in [-0.05, 0) is 55.3 Å². The summed E-state index contributed by atoms with van der Waals surface area (Å²) in [5.74, 6) is 1.54. The molecule has 4 rings (SSSR count). The number of ether oxygens (including phenoxy) is 1. The van der Waals surface area contributed by atoms with Crippen molar-refractivity contribution in [2.24, 2.45) is 0 Å². The Bertz CT molecular complexity index is 1020. The predicted octanol–water partition coefficient (Wildman–Crippen LogP) is 4.70. The highest BCUT2D eigenvalue weighted by Gasteiger charge is 2.23. The van der Waals surface area contributed by atoms with Crippen molar-refractivity contribution in [2.45, 2.75) is 38.3 Å². The number of hydrogen-bond donors (Lipinski definition) is 1. The third-order valence-electron chi connectivity index (χ3n) is 5.43. The van der Waals surface area contributed by atoms with Crippen molar-refractivity contribution < 1.29 is 4.74 Å².